The van der Waals surface area contributed by atoms with Crippen LogP contribution in [0.1, 0.15) is 10.4 Å². The number of nitrogens with zero attached hydrogens (tertiary/aromatic N) is 2. The van der Waals surface area contributed by atoms with Gasteiger partial charge in [0, 0.05) is 28.7 Å². The van der Waals surface area contributed by atoms with Gasteiger partial charge in [-0.25, -0.2) is 8.42 Å². The third-order valence-corrected chi connectivity index (χ3v) is 7.53. The summed E-state index contributed by atoms with van der Waals surface area (Å²) in [6.45, 7) is 0. The van der Waals surface area contributed by atoms with E-state index >= 15 is 0 Å². The van der Waals surface area contributed by atoms with Crippen LogP contribution >= 0.6 is 0 Å². The van der Waals surface area contributed by atoms with Crippen LogP contribution in [0.3, 0.4) is 0 Å². The van der Waals surface area contributed by atoms with Crippen LogP contribution in [0.15, 0.2) is 114 Å². The van der Waals surface area contributed by atoms with Gasteiger partial charge in [-0.3, -0.25) is 19.5 Å². The number of carbonyl (C=O) groups excluding carboxylic acids is 1. The molecule has 180 valence electrons. The molecule has 37 heavy (non-hydrogen) atoms. The second-order valence-corrected chi connectivity index (χ2v) is 10.2. The first-order valence-corrected chi connectivity index (χ1v) is 13.0. The van der Waals surface area contributed by atoms with Crippen molar-refractivity contribution < 1.29 is 13.2 Å². The van der Waals surface area contributed by atoms with Gasteiger partial charge in [-0.15, -0.1) is 0 Å². The van der Waals surface area contributed by atoms with Crippen molar-refractivity contribution in [3.8, 4) is 0 Å². The Morgan fingerprint density at radius 1 is 0.649 bits per heavy atom. The molecule has 1 amide bonds. The van der Waals surface area contributed by atoms with Crippen LogP contribution in [-0.4, -0.2) is 24.3 Å². The van der Waals surface area contributed by atoms with Crippen LogP contribution in [0.2, 0.25) is 0 Å². The number of hydrogen-bond acceptors (Lipinski definition) is 5. The highest BCUT2D eigenvalue weighted by Gasteiger charge is 2.18. The number of benzene rings is 4. The first kappa shape index (κ1) is 22.6. The number of hydrogen-bond donors (Lipinski definition) is 2. The minimum absolute atomic E-state index is 0.0868. The Balaban J connectivity index is 1.33. The van der Waals surface area contributed by atoms with E-state index in [1.807, 2.05) is 36.4 Å². The average molecular weight is 505 g/mol. The summed E-state index contributed by atoms with van der Waals surface area (Å²) in [5, 5.41) is 5.96. The maximum Gasteiger partial charge on any atom is 0.261 e. The second kappa shape index (κ2) is 9.00. The van der Waals surface area contributed by atoms with E-state index in [1.54, 1.807) is 67.0 Å². The molecule has 0 saturated carbocycles. The highest BCUT2D eigenvalue weighted by molar-refractivity contribution is 7.92. The lowest BCUT2D eigenvalue weighted by atomic mass is 10.0. The van der Waals surface area contributed by atoms with E-state index in [1.165, 1.54) is 6.07 Å². The van der Waals surface area contributed by atoms with E-state index in [4.69, 9.17) is 0 Å². The van der Waals surface area contributed by atoms with E-state index < -0.39 is 10.0 Å². The number of nitrogens with one attached hydrogen (secondary N) is 2. The molecule has 0 atom stereocenters. The molecular weight excluding hydrogens is 484 g/mol. The maximum atomic E-state index is 13.2. The molecule has 2 aromatic heterocycles. The van der Waals surface area contributed by atoms with E-state index in [9.17, 15) is 13.2 Å². The number of fused-ring (bicyclic) bond motifs is 3. The lowest BCUT2D eigenvalue weighted by molar-refractivity contribution is 0.102. The van der Waals surface area contributed by atoms with Crippen LogP contribution in [0, 0.1) is 0 Å². The molecule has 0 aliphatic heterocycles. The highest BCUT2D eigenvalue weighted by Crippen LogP contribution is 2.28. The maximum absolute atomic E-state index is 13.2. The van der Waals surface area contributed by atoms with Crippen molar-refractivity contribution in [3.63, 3.8) is 0 Å². The van der Waals surface area contributed by atoms with Gasteiger partial charge in [-0.1, -0.05) is 54.6 Å². The van der Waals surface area contributed by atoms with Gasteiger partial charge >= 0.3 is 0 Å². The van der Waals surface area contributed by atoms with Crippen molar-refractivity contribution in [3.05, 3.63) is 115 Å². The van der Waals surface area contributed by atoms with E-state index in [0.717, 1.165) is 10.8 Å². The largest absolute Gasteiger partial charge is 0.320 e. The van der Waals surface area contributed by atoms with Crippen molar-refractivity contribution in [1.82, 2.24) is 9.97 Å². The van der Waals surface area contributed by atoms with Crippen molar-refractivity contribution >= 4 is 59.9 Å². The van der Waals surface area contributed by atoms with Crippen molar-refractivity contribution in [2.45, 2.75) is 4.90 Å². The number of carbonyl (C=O) groups is 1. The monoisotopic (exact) mass is 504 g/mol. The van der Waals surface area contributed by atoms with Crippen LogP contribution in [0.4, 0.5) is 11.4 Å². The fraction of sp³-hybridized carbons (Fsp3) is 0. The molecule has 0 spiro atoms. The third-order valence-electron chi connectivity index (χ3n) is 6.16. The predicted octanol–water partition coefficient (Wildman–Crippen LogP) is 5.99. The topological polar surface area (TPSA) is 101 Å². The van der Waals surface area contributed by atoms with Gasteiger partial charge in [0.15, 0.2) is 0 Å². The van der Waals surface area contributed by atoms with Gasteiger partial charge in [0.2, 0.25) is 0 Å². The molecule has 0 unspecified atom stereocenters. The summed E-state index contributed by atoms with van der Waals surface area (Å²) < 4.78 is 29.1. The summed E-state index contributed by atoms with van der Waals surface area (Å²) in [6.07, 6.45) is 3.30. The summed E-state index contributed by atoms with van der Waals surface area (Å²) >= 11 is 0. The van der Waals surface area contributed by atoms with Crippen molar-refractivity contribution in [1.29, 1.82) is 0 Å². The Morgan fingerprint density at radius 2 is 1.24 bits per heavy atom. The van der Waals surface area contributed by atoms with Crippen LogP contribution < -0.4 is 10.0 Å². The molecule has 2 N–H and O–H groups in total. The van der Waals surface area contributed by atoms with Gasteiger partial charge in [-0.05, 0) is 53.2 Å². The number of anilines is 2. The molecule has 2 heterocycles. The van der Waals surface area contributed by atoms with Gasteiger partial charge in [0.1, 0.15) is 0 Å². The molecule has 7 nitrogen and oxygen atoms in total. The average Bonchev–Trinajstić information content (AvgIpc) is 2.92. The molecule has 6 rings (SSSR count). The number of para-hydroxylation sites is 2. The number of aromatic nitrogens is 2. The summed E-state index contributed by atoms with van der Waals surface area (Å²) in [7, 11) is -3.90. The molecule has 0 radical (unpaired) electrons. The summed E-state index contributed by atoms with van der Waals surface area (Å²) in [5.74, 6) is -0.306. The lowest BCUT2D eigenvalue weighted by Gasteiger charge is -2.12. The minimum Gasteiger partial charge on any atom is -0.320 e. The molecule has 0 aliphatic carbocycles. The fourth-order valence-corrected chi connectivity index (χ4v) is 5.51. The van der Waals surface area contributed by atoms with Gasteiger partial charge < -0.3 is 5.32 Å². The van der Waals surface area contributed by atoms with E-state index in [-0.39, 0.29) is 10.8 Å². The summed E-state index contributed by atoms with van der Waals surface area (Å²) in [4.78, 5) is 22.0. The van der Waals surface area contributed by atoms with Gasteiger partial charge in [0.25, 0.3) is 15.9 Å². The molecule has 8 heteroatoms. The Hall–Kier alpha value is -4.82. The molecule has 6 aromatic rings. The Bertz CT molecular complexity index is 1930. The quantitative estimate of drug-likeness (QED) is 0.300. The van der Waals surface area contributed by atoms with E-state index in [2.05, 4.69) is 20.0 Å². The number of rotatable bonds is 5. The zero-order valence-electron chi connectivity index (χ0n) is 19.4. The van der Waals surface area contributed by atoms with Crippen molar-refractivity contribution in [2.24, 2.45) is 0 Å². The molecule has 0 saturated heterocycles. The zero-order chi connectivity index (χ0) is 25.4. The highest BCUT2D eigenvalue weighted by atomic mass is 32.2. The first-order chi connectivity index (χ1) is 18.0. The standard InChI is InChI=1S/C29H20N4O3S/c34-29(32-25-12-2-6-19-9-4-16-30-27(19)25)24-11-1-8-21-18-22(14-15-23(21)24)37(35,36)33-26-13-3-7-20-10-5-17-31-28(20)26/h1-18,33H,(H,32,34). The van der Waals surface area contributed by atoms with Gasteiger partial charge in [-0.2, -0.15) is 0 Å². The van der Waals surface area contributed by atoms with Gasteiger partial charge in [0.05, 0.1) is 27.3 Å². The minimum atomic E-state index is -3.90. The Labute approximate surface area is 212 Å². The molecule has 0 fully saturated rings. The molecule has 0 bridgehead atoms. The summed E-state index contributed by atoms with van der Waals surface area (Å²) in [6, 6.07) is 28.3. The van der Waals surface area contributed by atoms with E-state index in [0.29, 0.717) is 38.7 Å². The molecule has 0 aliphatic rings. The smallest absolute Gasteiger partial charge is 0.261 e. The Morgan fingerprint density at radius 3 is 1.97 bits per heavy atom. The SMILES string of the molecule is O=C(Nc1cccc2cccnc12)c1cccc2cc(S(=O)(=O)Nc3cccc4cccnc34)ccc12. The second-order valence-electron chi connectivity index (χ2n) is 8.51. The fourth-order valence-electron chi connectivity index (χ4n) is 4.41. The molecular formula is C29H20N4O3S. The lowest BCUT2D eigenvalue weighted by Crippen LogP contribution is -2.14. The van der Waals surface area contributed by atoms with Crippen LogP contribution in [0.5, 0.6) is 0 Å². The van der Waals surface area contributed by atoms with Crippen LogP contribution in [0.25, 0.3) is 32.6 Å². The predicted molar refractivity (Wildman–Crippen MR) is 146 cm³/mol. The normalized spacial score (nSPS) is 11.6. The molecule has 4 aromatic carbocycles. The van der Waals surface area contributed by atoms with Crippen molar-refractivity contribution in [2.75, 3.05) is 10.0 Å². The zero-order valence-corrected chi connectivity index (χ0v) is 20.2. The third kappa shape index (κ3) is 4.23. The first-order valence-electron chi connectivity index (χ1n) is 11.5. The van der Waals surface area contributed by atoms with Crippen LogP contribution in [-0.2, 0) is 10.0 Å². The number of pyridine rings is 2. The number of amides is 1. The number of sulfonamides is 1. The summed E-state index contributed by atoms with van der Waals surface area (Å²) in [5.41, 5.74) is 2.69. The Kier molecular flexibility index (Phi) is 5.50.